The Balaban J connectivity index is 1.75. The summed E-state index contributed by atoms with van der Waals surface area (Å²) in [6.07, 6.45) is 1.54. The molecule has 2 aromatic carbocycles. The Labute approximate surface area is 142 Å². The molecule has 1 aliphatic rings. The van der Waals surface area contributed by atoms with Gasteiger partial charge in [-0.15, -0.1) is 0 Å². The zero-order valence-electron chi connectivity index (χ0n) is 13.8. The van der Waals surface area contributed by atoms with Crippen molar-refractivity contribution in [1.82, 2.24) is 10.6 Å². The Morgan fingerprint density at radius 2 is 1.79 bits per heavy atom. The average molecular weight is 324 g/mol. The second kappa shape index (κ2) is 7.60. The summed E-state index contributed by atoms with van der Waals surface area (Å²) in [6.45, 7) is 1.83. The van der Waals surface area contributed by atoms with E-state index in [1.165, 1.54) is 11.1 Å². The normalized spacial score (nSPS) is 20.0. The fourth-order valence-electron chi connectivity index (χ4n) is 3.36. The van der Waals surface area contributed by atoms with Gasteiger partial charge in [-0.2, -0.15) is 0 Å². The Morgan fingerprint density at radius 1 is 1.08 bits per heavy atom. The lowest BCUT2D eigenvalue weighted by atomic mass is 9.79. The van der Waals surface area contributed by atoms with E-state index in [-0.39, 0.29) is 12.5 Å². The molecule has 0 saturated carbocycles. The molecule has 1 aliphatic heterocycles. The maximum absolute atomic E-state index is 12.6. The van der Waals surface area contributed by atoms with E-state index in [2.05, 4.69) is 47.0 Å². The summed E-state index contributed by atoms with van der Waals surface area (Å²) in [7, 11) is 0. The Morgan fingerprint density at radius 3 is 2.42 bits per heavy atom. The Bertz CT molecular complexity index is 662. The van der Waals surface area contributed by atoms with Gasteiger partial charge in [0, 0.05) is 13.1 Å². The van der Waals surface area contributed by atoms with Gasteiger partial charge in [-0.05, 0) is 36.1 Å². The number of hydrogen-bond donors (Lipinski definition) is 3. The van der Waals surface area contributed by atoms with Gasteiger partial charge in [0.05, 0.1) is 12.0 Å². The van der Waals surface area contributed by atoms with Crippen LogP contribution in [-0.2, 0) is 11.2 Å². The standard InChI is InChI=1S/C20H24N2O2/c23-13-12-22-19(24)20(10-11-21-15-20)14-16-6-8-18(9-7-16)17-4-2-1-3-5-17/h1-9,21,23H,10-15H2,(H,22,24)/t20-/m0/s1. The molecule has 1 fully saturated rings. The van der Waals surface area contributed by atoms with E-state index < -0.39 is 5.41 Å². The molecule has 0 radical (unpaired) electrons. The third-order valence-electron chi connectivity index (χ3n) is 4.73. The number of benzene rings is 2. The number of aliphatic hydroxyl groups is 1. The highest BCUT2D eigenvalue weighted by Crippen LogP contribution is 2.31. The molecular formula is C20H24N2O2. The molecule has 3 N–H and O–H groups in total. The number of rotatable bonds is 6. The van der Waals surface area contributed by atoms with Crippen LogP contribution in [0.4, 0.5) is 0 Å². The van der Waals surface area contributed by atoms with Crippen molar-refractivity contribution in [1.29, 1.82) is 0 Å². The number of hydrogen-bond acceptors (Lipinski definition) is 3. The van der Waals surface area contributed by atoms with Crippen molar-refractivity contribution in [2.75, 3.05) is 26.2 Å². The van der Waals surface area contributed by atoms with Crippen LogP contribution in [0.2, 0.25) is 0 Å². The maximum Gasteiger partial charge on any atom is 0.227 e. The molecule has 0 aliphatic carbocycles. The van der Waals surface area contributed by atoms with Crippen LogP contribution in [-0.4, -0.2) is 37.3 Å². The van der Waals surface area contributed by atoms with Crippen molar-refractivity contribution < 1.29 is 9.90 Å². The minimum absolute atomic E-state index is 0.0268. The molecule has 4 nitrogen and oxygen atoms in total. The molecule has 0 unspecified atom stereocenters. The number of carbonyl (C=O) groups excluding carboxylic acids is 1. The molecule has 0 spiro atoms. The van der Waals surface area contributed by atoms with Crippen LogP contribution in [0.1, 0.15) is 12.0 Å². The lowest BCUT2D eigenvalue weighted by molar-refractivity contribution is -0.130. The minimum atomic E-state index is -0.413. The topological polar surface area (TPSA) is 61.4 Å². The summed E-state index contributed by atoms with van der Waals surface area (Å²) < 4.78 is 0. The molecule has 126 valence electrons. The monoisotopic (exact) mass is 324 g/mol. The third-order valence-corrected chi connectivity index (χ3v) is 4.73. The van der Waals surface area contributed by atoms with Crippen LogP contribution in [0.15, 0.2) is 54.6 Å². The highest BCUT2D eigenvalue weighted by molar-refractivity contribution is 5.83. The fraction of sp³-hybridized carbons (Fsp3) is 0.350. The molecule has 1 heterocycles. The van der Waals surface area contributed by atoms with Crippen LogP contribution < -0.4 is 10.6 Å². The number of amides is 1. The zero-order valence-corrected chi connectivity index (χ0v) is 13.8. The first-order chi connectivity index (χ1) is 11.7. The number of aliphatic hydroxyl groups excluding tert-OH is 1. The summed E-state index contributed by atoms with van der Waals surface area (Å²) in [4.78, 5) is 12.6. The molecule has 24 heavy (non-hydrogen) atoms. The Kier molecular flexibility index (Phi) is 5.28. The van der Waals surface area contributed by atoms with Gasteiger partial charge in [-0.3, -0.25) is 4.79 Å². The molecule has 4 heteroatoms. The second-order valence-corrected chi connectivity index (χ2v) is 6.43. The van der Waals surface area contributed by atoms with E-state index in [1.807, 2.05) is 18.2 Å². The highest BCUT2D eigenvalue weighted by Gasteiger charge is 2.40. The SMILES string of the molecule is O=C(NCCO)[C@]1(Cc2ccc(-c3ccccc3)cc2)CCNC1. The van der Waals surface area contributed by atoms with Crippen molar-refractivity contribution in [2.45, 2.75) is 12.8 Å². The van der Waals surface area contributed by atoms with Crippen molar-refractivity contribution in [3.63, 3.8) is 0 Å². The summed E-state index contributed by atoms with van der Waals surface area (Å²) in [6, 6.07) is 18.7. The van der Waals surface area contributed by atoms with E-state index in [1.54, 1.807) is 0 Å². The molecule has 0 bridgehead atoms. The van der Waals surface area contributed by atoms with Gasteiger partial charge in [-0.25, -0.2) is 0 Å². The average Bonchev–Trinajstić information content (AvgIpc) is 3.11. The van der Waals surface area contributed by atoms with Gasteiger partial charge in [0.15, 0.2) is 0 Å². The van der Waals surface area contributed by atoms with Crippen LogP contribution in [0.25, 0.3) is 11.1 Å². The van der Waals surface area contributed by atoms with Gasteiger partial charge in [0.25, 0.3) is 0 Å². The molecule has 3 rings (SSSR count). The zero-order chi connectivity index (χ0) is 16.8. The summed E-state index contributed by atoms with van der Waals surface area (Å²) in [5.41, 5.74) is 3.13. The van der Waals surface area contributed by atoms with E-state index >= 15 is 0 Å². The first kappa shape index (κ1) is 16.7. The summed E-state index contributed by atoms with van der Waals surface area (Å²) >= 11 is 0. The molecule has 1 amide bonds. The second-order valence-electron chi connectivity index (χ2n) is 6.43. The van der Waals surface area contributed by atoms with Crippen LogP contribution in [0, 0.1) is 5.41 Å². The number of carbonyl (C=O) groups is 1. The largest absolute Gasteiger partial charge is 0.395 e. The smallest absolute Gasteiger partial charge is 0.227 e. The van der Waals surface area contributed by atoms with Gasteiger partial charge in [0.1, 0.15) is 0 Å². The lowest BCUT2D eigenvalue weighted by Gasteiger charge is -2.27. The third kappa shape index (κ3) is 3.66. The van der Waals surface area contributed by atoms with E-state index in [9.17, 15) is 4.79 Å². The molecule has 0 aromatic heterocycles. The van der Waals surface area contributed by atoms with Crippen molar-refractivity contribution in [2.24, 2.45) is 5.41 Å². The maximum atomic E-state index is 12.6. The molecule has 1 atom stereocenters. The van der Waals surface area contributed by atoms with Crippen molar-refractivity contribution in [3.05, 3.63) is 60.2 Å². The number of nitrogens with one attached hydrogen (secondary N) is 2. The van der Waals surface area contributed by atoms with Gasteiger partial charge in [0.2, 0.25) is 5.91 Å². The van der Waals surface area contributed by atoms with Gasteiger partial charge in [-0.1, -0.05) is 54.6 Å². The van der Waals surface area contributed by atoms with Crippen molar-refractivity contribution in [3.8, 4) is 11.1 Å². The Hall–Kier alpha value is -2.17. The van der Waals surface area contributed by atoms with Crippen LogP contribution >= 0.6 is 0 Å². The first-order valence-electron chi connectivity index (χ1n) is 8.48. The predicted octanol–water partition coefficient (Wildman–Crippen LogP) is 1.98. The summed E-state index contributed by atoms with van der Waals surface area (Å²) in [5.74, 6) is 0.0358. The van der Waals surface area contributed by atoms with E-state index in [0.717, 1.165) is 18.5 Å². The quantitative estimate of drug-likeness (QED) is 0.761. The lowest BCUT2D eigenvalue weighted by Crippen LogP contribution is -2.45. The first-order valence-corrected chi connectivity index (χ1v) is 8.48. The van der Waals surface area contributed by atoms with Crippen LogP contribution in [0.3, 0.4) is 0 Å². The van der Waals surface area contributed by atoms with E-state index in [4.69, 9.17) is 5.11 Å². The molecular weight excluding hydrogens is 300 g/mol. The minimum Gasteiger partial charge on any atom is -0.395 e. The summed E-state index contributed by atoms with van der Waals surface area (Å²) in [5, 5.41) is 15.1. The van der Waals surface area contributed by atoms with Gasteiger partial charge >= 0.3 is 0 Å². The fourth-order valence-corrected chi connectivity index (χ4v) is 3.36. The molecule has 2 aromatic rings. The molecule has 1 saturated heterocycles. The van der Waals surface area contributed by atoms with Crippen LogP contribution in [0.5, 0.6) is 0 Å². The van der Waals surface area contributed by atoms with Crippen molar-refractivity contribution >= 4 is 5.91 Å². The van der Waals surface area contributed by atoms with E-state index in [0.29, 0.717) is 19.5 Å². The highest BCUT2D eigenvalue weighted by atomic mass is 16.3. The van der Waals surface area contributed by atoms with Gasteiger partial charge < -0.3 is 15.7 Å². The predicted molar refractivity (Wildman–Crippen MR) is 95.6 cm³/mol.